The lowest BCUT2D eigenvalue weighted by atomic mass is 10.1. The van der Waals surface area contributed by atoms with E-state index in [4.69, 9.17) is 11.6 Å². The van der Waals surface area contributed by atoms with Crippen LogP contribution in [-0.2, 0) is 6.54 Å². The van der Waals surface area contributed by atoms with Crippen LogP contribution in [0.4, 0.5) is 0 Å². The van der Waals surface area contributed by atoms with Crippen molar-refractivity contribution in [2.45, 2.75) is 19.5 Å². The van der Waals surface area contributed by atoms with E-state index in [1.165, 1.54) is 4.52 Å². The van der Waals surface area contributed by atoms with Gasteiger partial charge in [-0.25, -0.2) is 9.50 Å². The van der Waals surface area contributed by atoms with Gasteiger partial charge in [0.1, 0.15) is 0 Å². The number of aromatic nitrogens is 5. The van der Waals surface area contributed by atoms with Crippen molar-refractivity contribution in [2.75, 3.05) is 6.54 Å². The predicted molar refractivity (Wildman–Crippen MR) is 105 cm³/mol. The van der Waals surface area contributed by atoms with Crippen LogP contribution in [0.5, 0.6) is 0 Å². The Labute approximate surface area is 166 Å². The van der Waals surface area contributed by atoms with Gasteiger partial charge in [-0.05, 0) is 31.2 Å². The second kappa shape index (κ2) is 6.45. The highest BCUT2D eigenvalue weighted by Crippen LogP contribution is 2.32. The molecule has 1 unspecified atom stereocenters. The minimum atomic E-state index is -0.110. The maximum absolute atomic E-state index is 13.1. The Morgan fingerprint density at radius 2 is 2.07 bits per heavy atom. The molecule has 1 amide bonds. The van der Waals surface area contributed by atoms with Gasteiger partial charge in [0.15, 0.2) is 11.3 Å². The fourth-order valence-electron chi connectivity index (χ4n) is 3.78. The summed E-state index contributed by atoms with van der Waals surface area (Å²) in [5.74, 6) is -0.110. The molecular formula is C20H17ClN6O. The van der Waals surface area contributed by atoms with Crippen molar-refractivity contribution >= 4 is 23.2 Å². The predicted octanol–water partition coefficient (Wildman–Crippen LogP) is 3.46. The van der Waals surface area contributed by atoms with Gasteiger partial charge in [-0.15, -0.1) is 0 Å². The molecule has 0 fully saturated rings. The summed E-state index contributed by atoms with van der Waals surface area (Å²) in [6.45, 7) is 3.35. The molecule has 0 bridgehead atoms. The van der Waals surface area contributed by atoms with Crippen LogP contribution >= 0.6 is 11.6 Å². The Hall–Kier alpha value is -3.19. The van der Waals surface area contributed by atoms with Crippen LogP contribution in [0.2, 0.25) is 5.02 Å². The van der Waals surface area contributed by atoms with Gasteiger partial charge in [-0.3, -0.25) is 9.78 Å². The minimum Gasteiger partial charge on any atom is -0.340 e. The van der Waals surface area contributed by atoms with Gasteiger partial charge < -0.3 is 9.47 Å². The highest BCUT2D eigenvalue weighted by atomic mass is 35.5. The van der Waals surface area contributed by atoms with Crippen LogP contribution in [0.25, 0.3) is 17.0 Å². The summed E-state index contributed by atoms with van der Waals surface area (Å²) in [4.78, 5) is 23.6. The molecule has 0 aliphatic carbocycles. The molecule has 1 aliphatic heterocycles. The van der Waals surface area contributed by atoms with Crippen LogP contribution in [0.15, 0.2) is 55.0 Å². The zero-order chi connectivity index (χ0) is 19.3. The van der Waals surface area contributed by atoms with Gasteiger partial charge in [-0.2, -0.15) is 5.10 Å². The second-order valence-corrected chi connectivity index (χ2v) is 7.23. The maximum Gasteiger partial charge on any atom is 0.275 e. The standard InChI is InChI=1S/C20H17ClN6O/c1-13-17-5-6-18(15-4-2-3-7-22-15)26(17)9-8-25(13)20(28)16-10-19-23-11-14(21)12-27(19)24-16/h2-7,10-13H,8-9H2,1H3. The summed E-state index contributed by atoms with van der Waals surface area (Å²) in [6.07, 6.45) is 4.98. The van der Waals surface area contributed by atoms with E-state index in [1.807, 2.05) is 30.0 Å². The van der Waals surface area contributed by atoms with Gasteiger partial charge in [0.25, 0.3) is 5.91 Å². The zero-order valence-electron chi connectivity index (χ0n) is 15.2. The van der Waals surface area contributed by atoms with E-state index in [9.17, 15) is 4.79 Å². The van der Waals surface area contributed by atoms with Crippen molar-refractivity contribution in [1.29, 1.82) is 0 Å². The van der Waals surface area contributed by atoms with Gasteiger partial charge in [0.2, 0.25) is 0 Å². The molecule has 1 atom stereocenters. The molecule has 4 aromatic rings. The van der Waals surface area contributed by atoms with E-state index >= 15 is 0 Å². The Morgan fingerprint density at radius 3 is 2.89 bits per heavy atom. The number of pyridine rings is 1. The van der Waals surface area contributed by atoms with Crippen LogP contribution in [-0.4, -0.2) is 41.5 Å². The van der Waals surface area contributed by atoms with Gasteiger partial charge in [-0.1, -0.05) is 17.7 Å². The molecule has 0 spiro atoms. The number of amides is 1. The average molecular weight is 393 g/mol. The maximum atomic E-state index is 13.1. The SMILES string of the molecule is CC1c2ccc(-c3ccccn3)n2CCN1C(=O)c1cc2ncc(Cl)cn2n1. The number of fused-ring (bicyclic) bond motifs is 2. The van der Waals surface area contributed by atoms with E-state index in [0.717, 1.165) is 17.1 Å². The molecule has 7 nitrogen and oxygen atoms in total. The van der Waals surface area contributed by atoms with Crippen molar-refractivity contribution in [1.82, 2.24) is 29.0 Å². The first-order valence-electron chi connectivity index (χ1n) is 9.04. The highest BCUT2D eigenvalue weighted by Gasteiger charge is 2.31. The third-order valence-electron chi connectivity index (χ3n) is 5.16. The number of nitrogens with zero attached hydrogens (tertiary/aromatic N) is 6. The van der Waals surface area contributed by atoms with Crippen molar-refractivity contribution in [3.8, 4) is 11.4 Å². The highest BCUT2D eigenvalue weighted by molar-refractivity contribution is 6.30. The lowest BCUT2D eigenvalue weighted by molar-refractivity contribution is 0.0638. The lowest BCUT2D eigenvalue weighted by Crippen LogP contribution is -2.41. The Balaban J connectivity index is 1.46. The van der Waals surface area contributed by atoms with Crippen molar-refractivity contribution in [3.05, 3.63) is 71.4 Å². The van der Waals surface area contributed by atoms with Crippen LogP contribution in [0.1, 0.15) is 29.1 Å². The number of rotatable bonds is 2. The fourth-order valence-corrected chi connectivity index (χ4v) is 3.92. The number of carbonyl (C=O) groups excluding carboxylic acids is 1. The molecule has 4 aromatic heterocycles. The number of hydrogen-bond acceptors (Lipinski definition) is 4. The fraction of sp³-hybridized carbons (Fsp3) is 0.200. The number of carbonyl (C=O) groups is 1. The summed E-state index contributed by atoms with van der Waals surface area (Å²) < 4.78 is 3.77. The van der Waals surface area contributed by atoms with Gasteiger partial charge in [0, 0.05) is 37.2 Å². The first-order valence-corrected chi connectivity index (χ1v) is 9.42. The zero-order valence-corrected chi connectivity index (χ0v) is 15.9. The summed E-state index contributed by atoms with van der Waals surface area (Å²) in [5, 5.41) is 4.83. The Bertz CT molecular complexity index is 1180. The summed E-state index contributed by atoms with van der Waals surface area (Å²) in [7, 11) is 0. The van der Waals surface area contributed by atoms with Crippen molar-refractivity contribution in [3.63, 3.8) is 0 Å². The molecule has 28 heavy (non-hydrogen) atoms. The monoisotopic (exact) mass is 392 g/mol. The van der Waals surface area contributed by atoms with Gasteiger partial charge in [0.05, 0.1) is 28.6 Å². The quantitative estimate of drug-likeness (QED) is 0.524. The number of hydrogen-bond donors (Lipinski definition) is 0. The van der Waals surface area contributed by atoms with Crippen LogP contribution < -0.4 is 0 Å². The first kappa shape index (κ1) is 16.9. The minimum absolute atomic E-state index is 0.0694. The summed E-state index contributed by atoms with van der Waals surface area (Å²) >= 11 is 5.96. The third kappa shape index (κ3) is 2.66. The van der Waals surface area contributed by atoms with E-state index in [-0.39, 0.29) is 11.9 Å². The molecular weight excluding hydrogens is 376 g/mol. The third-order valence-corrected chi connectivity index (χ3v) is 5.36. The molecule has 5 heterocycles. The van der Waals surface area contributed by atoms with Crippen molar-refractivity contribution in [2.24, 2.45) is 0 Å². The topological polar surface area (TPSA) is 68.3 Å². The Kier molecular flexibility index (Phi) is 3.91. The molecule has 8 heteroatoms. The van der Waals surface area contributed by atoms with Crippen LogP contribution in [0.3, 0.4) is 0 Å². The molecule has 0 N–H and O–H groups in total. The van der Waals surface area contributed by atoms with Crippen molar-refractivity contribution < 1.29 is 4.79 Å². The molecule has 1 aliphatic rings. The largest absolute Gasteiger partial charge is 0.340 e. The second-order valence-electron chi connectivity index (χ2n) is 6.79. The molecule has 0 saturated heterocycles. The smallest absolute Gasteiger partial charge is 0.275 e. The number of halogens is 1. The van der Waals surface area contributed by atoms with E-state index in [2.05, 4.69) is 31.8 Å². The normalized spacial score (nSPS) is 16.4. The average Bonchev–Trinajstić information content (AvgIpc) is 3.32. The van der Waals surface area contributed by atoms with E-state index in [0.29, 0.717) is 29.5 Å². The van der Waals surface area contributed by atoms with E-state index < -0.39 is 0 Å². The van der Waals surface area contributed by atoms with E-state index in [1.54, 1.807) is 24.7 Å². The molecule has 0 aromatic carbocycles. The van der Waals surface area contributed by atoms with Gasteiger partial charge >= 0.3 is 0 Å². The lowest BCUT2D eigenvalue weighted by Gasteiger charge is -2.35. The Morgan fingerprint density at radius 1 is 1.18 bits per heavy atom. The summed E-state index contributed by atoms with van der Waals surface area (Å²) in [5.41, 5.74) is 4.06. The molecule has 0 radical (unpaired) electrons. The molecule has 5 rings (SSSR count). The molecule has 0 saturated carbocycles. The summed E-state index contributed by atoms with van der Waals surface area (Å²) in [6, 6.07) is 11.6. The molecule has 140 valence electrons. The first-order chi connectivity index (χ1) is 13.6. The van der Waals surface area contributed by atoms with Crippen LogP contribution in [0, 0.1) is 0 Å².